The van der Waals surface area contributed by atoms with Crippen molar-refractivity contribution in [1.29, 1.82) is 0 Å². The molecule has 0 aliphatic rings. The molecule has 0 aromatic rings. The van der Waals surface area contributed by atoms with Gasteiger partial charge < -0.3 is 34.7 Å². The van der Waals surface area contributed by atoms with Crippen LogP contribution in [-0.4, -0.2) is 36.7 Å². The van der Waals surface area contributed by atoms with Crippen LogP contribution in [-0.2, 0) is 63.8 Å². The van der Waals surface area contributed by atoms with E-state index in [-0.39, 0.29) is 42.9 Å². The van der Waals surface area contributed by atoms with Crippen LogP contribution in [0, 0.1) is 0 Å². The summed E-state index contributed by atoms with van der Waals surface area (Å²) in [5.41, 5.74) is 0. The summed E-state index contributed by atoms with van der Waals surface area (Å²) in [5, 5.41) is 0. The number of carbonyl (C=O) groups is 2. The van der Waals surface area contributed by atoms with Gasteiger partial charge in [-0.15, -0.1) is 0 Å². The van der Waals surface area contributed by atoms with Gasteiger partial charge in [0.05, 0.1) is 13.2 Å². The van der Waals surface area contributed by atoms with Gasteiger partial charge in [0.2, 0.25) is 0 Å². The standard InChI is InChI=1S/2C10H20O2S.Zn/c2*1-2-3-4-5-6-7-8-12-10(11)9-13;/h2*13H,2-9H2,1H3;/q;;+2/p-2. The van der Waals surface area contributed by atoms with Crippen molar-refractivity contribution in [2.24, 2.45) is 0 Å². The van der Waals surface area contributed by atoms with Crippen molar-refractivity contribution >= 4 is 37.2 Å². The Hall–Kier alpha value is 0.263. The number of unbranched alkanes of at least 4 members (excludes halogenated alkanes) is 10. The Bertz CT molecular complexity index is 288. The van der Waals surface area contributed by atoms with E-state index < -0.39 is 0 Å². The molecule has 0 spiro atoms. The number of carbonyl (C=O) groups excluding carboxylic acids is 2. The van der Waals surface area contributed by atoms with Crippen molar-refractivity contribution in [3.8, 4) is 0 Å². The fraction of sp³-hybridized carbons (Fsp3) is 0.900. The van der Waals surface area contributed by atoms with Crippen LogP contribution in [0.5, 0.6) is 0 Å². The fourth-order valence-electron chi connectivity index (χ4n) is 2.22. The molecule has 0 radical (unpaired) electrons. The summed E-state index contributed by atoms with van der Waals surface area (Å²) in [7, 11) is 0. The van der Waals surface area contributed by atoms with Gasteiger partial charge in [0, 0.05) is 0 Å². The molecule has 0 amide bonds. The molecular weight excluding hydrogens is 434 g/mol. The van der Waals surface area contributed by atoms with Crippen LogP contribution in [0.15, 0.2) is 0 Å². The molecule has 7 heteroatoms. The first kappa shape index (κ1) is 31.9. The van der Waals surface area contributed by atoms with Crippen molar-refractivity contribution in [2.45, 2.75) is 90.9 Å². The molecule has 0 saturated heterocycles. The quantitative estimate of drug-likeness (QED) is 0.138. The third-order valence-corrected chi connectivity index (χ3v) is 4.23. The van der Waals surface area contributed by atoms with E-state index in [1.54, 1.807) is 0 Å². The predicted octanol–water partition coefficient (Wildman–Crippen LogP) is 4.87. The number of hydrogen-bond donors (Lipinski definition) is 0. The molecular formula is C20H38O4S2Zn. The second-order valence-electron chi connectivity index (χ2n) is 6.27. The molecule has 0 rings (SSSR count). The maximum atomic E-state index is 10.6. The molecule has 0 aliphatic carbocycles. The Balaban J connectivity index is -0.000000411. The van der Waals surface area contributed by atoms with E-state index in [4.69, 9.17) is 9.47 Å². The van der Waals surface area contributed by atoms with E-state index in [0.717, 1.165) is 25.7 Å². The Labute approximate surface area is 190 Å². The van der Waals surface area contributed by atoms with Crippen molar-refractivity contribution < 1.29 is 38.5 Å². The number of ether oxygens (including phenoxy) is 2. The first-order chi connectivity index (χ1) is 12.6. The van der Waals surface area contributed by atoms with Crippen LogP contribution < -0.4 is 0 Å². The Kier molecular flexibility index (Phi) is 33.7. The van der Waals surface area contributed by atoms with Gasteiger partial charge in [-0.3, -0.25) is 9.59 Å². The molecule has 0 aliphatic heterocycles. The van der Waals surface area contributed by atoms with Crippen molar-refractivity contribution in [3.05, 3.63) is 0 Å². The molecule has 0 N–H and O–H groups in total. The normalized spacial score (nSPS) is 9.63. The molecule has 0 unspecified atom stereocenters. The minimum Gasteiger partial charge on any atom is -0.782 e. The van der Waals surface area contributed by atoms with E-state index in [2.05, 4.69) is 39.1 Å². The zero-order chi connectivity index (χ0) is 19.9. The molecule has 0 fully saturated rings. The average Bonchev–Trinajstić information content (AvgIpc) is 2.66. The van der Waals surface area contributed by atoms with Crippen LogP contribution in [0.25, 0.3) is 0 Å². The van der Waals surface area contributed by atoms with Gasteiger partial charge in [0.25, 0.3) is 11.9 Å². The molecule has 156 valence electrons. The van der Waals surface area contributed by atoms with Gasteiger partial charge in [-0.1, -0.05) is 89.6 Å². The number of rotatable bonds is 16. The summed E-state index contributed by atoms with van der Waals surface area (Å²) >= 11 is 9.07. The average molecular weight is 472 g/mol. The van der Waals surface area contributed by atoms with Crippen LogP contribution in [0.2, 0.25) is 0 Å². The molecule has 0 heterocycles. The summed E-state index contributed by atoms with van der Waals surface area (Å²) in [6.07, 6.45) is 14.5. The van der Waals surface area contributed by atoms with Gasteiger partial charge in [-0.25, -0.2) is 0 Å². The van der Waals surface area contributed by atoms with Crippen LogP contribution >= 0.6 is 0 Å². The van der Waals surface area contributed by atoms with E-state index in [1.807, 2.05) is 0 Å². The Morgan fingerprint density at radius 3 is 1.19 bits per heavy atom. The third-order valence-electron chi connectivity index (χ3n) is 3.76. The molecule has 0 bridgehead atoms. The largest absolute Gasteiger partial charge is 2.00 e. The van der Waals surface area contributed by atoms with Crippen molar-refractivity contribution in [2.75, 3.05) is 24.7 Å². The van der Waals surface area contributed by atoms with Gasteiger partial charge in [0.15, 0.2) is 0 Å². The Morgan fingerprint density at radius 1 is 0.593 bits per heavy atom. The smallest absolute Gasteiger partial charge is 0.782 e. The molecule has 27 heavy (non-hydrogen) atoms. The Morgan fingerprint density at radius 2 is 0.889 bits per heavy atom. The van der Waals surface area contributed by atoms with E-state index >= 15 is 0 Å². The van der Waals surface area contributed by atoms with E-state index in [0.29, 0.717) is 13.2 Å². The summed E-state index contributed by atoms with van der Waals surface area (Å²) in [6.45, 7) is 5.49. The van der Waals surface area contributed by atoms with E-state index in [9.17, 15) is 9.59 Å². The first-order valence-corrected chi connectivity index (χ1v) is 11.2. The zero-order valence-electron chi connectivity index (χ0n) is 17.5. The molecule has 0 aromatic heterocycles. The van der Waals surface area contributed by atoms with Crippen LogP contribution in [0.4, 0.5) is 0 Å². The van der Waals surface area contributed by atoms with Gasteiger partial charge >= 0.3 is 19.5 Å². The van der Waals surface area contributed by atoms with Crippen LogP contribution in [0.3, 0.4) is 0 Å². The predicted molar refractivity (Wildman–Crippen MR) is 113 cm³/mol. The molecule has 0 saturated carbocycles. The van der Waals surface area contributed by atoms with E-state index in [1.165, 1.54) is 51.4 Å². The summed E-state index contributed by atoms with van der Waals surface area (Å²) in [4.78, 5) is 21.2. The van der Waals surface area contributed by atoms with Gasteiger partial charge in [0.1, 0.15) is 0 Å². The summed E-state index contributed by atoms with van der Waals surface area (Å²) in [6, 6.07) is 0. The van der Waals surface area contributed by atoms with Crippen molar-refractivity contribution in [1.82, 2.24) is 0 Å². The zero-order valence-corrected chi connectivity index (χ0v) is 22.1. The van der Waals surface area contributed by atoms with Gasteiger partial charge in [-0.2, -0.15) is 0 Å². The molecule has 0 atom stereocenters. The maximum absolute atomic E-state index is 10.6. The molecule has 4 nitrogen and oxygen atoms in total. The number of hydrogen-bond acceptors (Lipinski definition) is 6. The fourth-order valence-corrected chi connectivity index (χ4v) is 2.39. The summed E-state index contributed by atoms with van der Waals surface area (Å²) in [5.74, 6) is -0.363. The monoisotopic (exact) mass is 470 g/mol. The van der Waals surface area contributed by atoms with Crippen molar-refractivity contribution in [3.63, 3.8) is 0 Å². The number of esters is 2. The minimum atomic E-state index is -0.261. The molecule has 0 aromatic carbocycles. The second-order valence-corrected chi connectivity index (χ2v) is 6.84. The minimum absolute atomic E-state index is 0. The summed E-state index contributed by atoms with van der Waals surface area (Å²) < 4.78 is 9.71. The topological polar surface area (TPSA) is 52.6 Å². The maximum Gasteiger partial charge on any atom is 2.00 e. The third kappa shape index (κ3) is 31.2. The van der Waals surface area contributed by atoms with Gasteiger partial charge in [-0.05, 0) is 12.8 Å². The van der Waals surface area contributed by atoms with Crippen LogP contribution in [0.1, 0.15) is 90.9 Å². The second kappa shape index (κ2) is 28.5. The SMILES string of the molecule is CCCCCCCCOC(=O)C[S-].CCCCCCCCOC(=O)C[S-].[Zn+2]. The first-order valence-electron chi connectivity index (χ1n) is 10.1.